The Labute approximate surface area is 66.5 Å². The Hall–Kier alpha value is -0.570. The van der Waals surface area contributed by atoms with E-state index in [0.29, 0.717) is 11.5 Å². The summed E-state index contributed by atoms with van der Waals surface area (Å²) < 4.78 is 22.3. The Morgan fingerprint density at radius 2 is 1.45 bits per heavy atom. The van der Waals surface area contributed by atoms with Crippen LogP contribution in [0.3, 0.4) is 0 Å². The van der Waals surface area contributed by atoms with Crippen molar-refractivity contribution < 1.29 is 8.42 Å². The smallest absolute Gasteiger partial charge is 0.151 e. The minimum Gasteiger partial charge on any atom is -0.229 e. The van der Waals surface area contributed by atoms with Crippen LogP contribution in [0, 0.1) is 11.8 Å². The highest BCUT2D eigenvalue weighted by molar-refractivity contribution is 7.91. The van der Waals surface area contributed by atoms with Crippen LogP contribution in [0.4, 0.5) is 0 Å². The molecular formula is C8H10O2S. The topological polar surface area (TPSA) is 34.1 Å². The Morgan fingerprint density at radius 3 is 1.91 bits per heavy atom. The van der Waals surface area contributed by atoms with Crippen LogP contribution in [0.5, 0.6) is 0 Å². The summed E-state index contributed by atoms with van der Waals surface area (Å²) in [4.78, 5) is 0. The van der Waals surface area contributed by atoms with Crippen molar-refractivity contribution in [2.75, 3.05) is 11.5 Å². The minimum atomic E-state index is -2.73. The number of rotatable bonds is 0. The molecule has 1 saturated heterocycles. The van der Waals surface area contributed by atoms with Gasteiger partial charge in [-0.25, -0.2) is 8.42 Å². The van der Waals surface area contributed by atoms with Gasteiger partial charge in [-0.3, -0.25) is 0 Å². The predicted octanol–water partition coefficient (Wildman–Crippen LogP) is 0.773. The zero-order valence-corrected chi connectivity index (χ0v) is 6.92. The zero-order chi connectivity index (χ0) is 7.90. The molecule has 1 aliphatic heterocycles. The highest BCUT2D eigenvalue weighted by atomic mass is 32.2. The molecule has 0 bridgehead atoms. The van der Waals surface area contributed by atoms with Crippen molar-refractivity contribution in [3.63, 3.8) is 0 Å². The fourth-order valence-electron chi connectivity index (χ4n) is 1.71. The molecule has 0 amide bonds. The summed E-state index contributed by atoms with van der Waals surface area (Å²) in [6.07, 6.45) is 7.86. The molecule has 0 aromatic carbocycles. The van der Waals surface area contributed by atoms with Crippen LogP contribution < -0.4 is 0 Å². The molecule has 1 heterocycles. The molecule has 0 radical (unpaired) electrons. The molecule has 0 aromatic heterocycles. The van der Waals surface area contributed by atoms with Gasteiger partial charge in [0.15, 0.2) is 9.84 Å². The van der Waals surface area contributed by atoms with Crippen LogP contribution in [-0.4, -0.2) is 19.9 Å². The molecule has 2 atom stereocenters. The third kappa shape index (κ3) is 1.25. The van der Waals surface area contributed by atoms with Gasteiger partial charge in [0, 0.05) is 0 Å². The SMILES string of the molecule is O=S1(=O)CC2C=CC=CC2C1. The second-order valence-electron chi connectivity index (χ2n) is 3.17. The summed E-state index contributed by atoms with van der Waals surface area (Å²) in [6, 6.07) is 0. The Balaban J connectivity index is 2.32. The van der Waals surface area contributed by atoms with Crippen LogP contribution in [-0.2, 0) is 9.84 Å². The first-order valence-corrected chi connectivity index (χ1v) is 5.55. The minimum absolute atomic E-state index is 0.255. The number of sulfone groups is 1. The molecular weight excluding hydrogens is 160 g/mol. The largest absolute Gasteiger partial charge is 0.229 e. The molecule has 0 aromatic rings. The highest BCUT2D eigenvalue weighted by Crippen LogP contribution is 2.29. The van der Waals surface area contributed by atoms with Gasteiger partial charge in [0.25, 0.3) is 0 Å². The predicted molar refractivity (Wildman–Crippen MR) is 43.9 cm³/mol. The number of hydrogen-bond acceptors (Lipinski definition) is 2. The Kier molecular flexibility index (Phi) is 1.42. The van der Waals surface area contributed by atoms with E-state index >= 15 is 0 Å². The van der Waals surface area contributed by atoms with Crippen LogP contribution >= 0.6 is 0 Å². The van der Waals surface area contributed by atoms with Gasteiger partial charge in [0.1, 0.15) is 0 Å². The van der Waals surface area contributed by atoms with Crippen molar-refractivity contribution in [1.29, 1.82) is 0 Å². The van der Waals surface area contributed by atoms with Gasteiger partial charge in [-0.1, -0.05) is 24.3 Å². The standard InChI is InChI=1S/C8H10O2S/c9-11(10)5-7-3-1-2-4-8(7)6-11/h1-4,7-8H,5-6H2. The van der Waals surface area contributed by atoms with E-state index in [-0.39, 0.29) is 11.8 Å². The monoisotopic (exact) mass is 170 g/mol. The van der Waals surface area contributed by atoms with E-state index in [1.807, 2.05) is 24.3 Å². The second-order valence-corrected chi connectivity index (χ2v) is 5.33. The number of fused-ring (bicyclic) bond motifs is 1. The zero-order valence-electron chi connectivity index (χ0n) is 6.10. The lowest BCUT2D eigenvalue weighted by atomic mass is 9.92. The van der Waals surface area contributed by atoms with E-state index in [0.717, 1.165) is 0 Å². The van der Waals surface area contributed by atoms with E-state index in [1.165, 1.54) is 0 Å². The van der Waals surface area contributed by atoms with Crippen molar-refractivity contribution in [2.45, 2.75) is 0 Å². The first-order chi connectivity index (χ1) is 5.17. The quantitative estimate of drug-likeness (QED) is 0.538. The molecule has 2 nitrogen and oxygen atoms in total. The molecule has 1 fully saturated rings. The summed E-state index contributed by atoms with van der Waals surface area (Å²) in [5.74, 6) is 1.20. The first kappa shape index (κ1) is 7.10. The van der Waals surface area contributed by atoms with Gasteiger partial charge < -0.3 is 0 Å². The average molecular weight is 170 g/mol. The van der Waals surface area contributed by atoms with E-state index in [9.17, 15) is 8.42 Å². The van der Waals surface area contributed by atoms with Gasteiger partial charge in [-0.2, -0.15) is 0 Å². The lowest BCUT2D eigenvalue weighted by Crippen LogP contribution is -2.08. The third-order valence-electron chi connectivity index (χ3n) is 2.27. The van der Waals surface area contributed by atoms with E-state index in [2.05, 4.69) is 0 Å². The fourth-order valence-corrected chi connectivity index (χ4v) is 3.74. The molecule has 0 N–H and O–H groups in total. The number of allylic oxidation sites excluding steroid dienone is 4. The summed E-state index contributed by atoms with van der Waals surface area (Å²) in [5.41, 5.74) is 0. The van der Waals surface area contributed by atoms with Crippen molar-refractivity contribution in [3.8, 4) is 0 Å². The fraction of sp³-hybridized carbons (Fsp3) is 0.500. The van der Waals surface area contributed by atoms with Gasteiger partial charge in [0.05, 0.1) is 11.5 Å². The van der Waals surface area contributed by atoms with Crippen LogP contribution in [0.1, 0.15) is 0 Å². The molecule has 11 heavy (non-hydrogen) atoms. The van der Waals surface area contributed by atoms with Crippen LogP contribution in [0.2, 0.25) is 0 Å². The average Bonchev–Trinajstić information content (AvgIpc) is 2.21. The summed E-state index contributed by atoms with van der Waals surface area (Å²) in [5, 5.41) is 0. The Morgan fingerprint density at radius 1 is 1.00 bits per heavy atom. The molecule has 2 unspecified atom stereocenters. The van der Waals surface area contributed by atoms with Gasteiger partial charge in [-0.05, 0) is 11.8 Å². The highest BCUT2D eigenvalue weighted by Gasteiger charge is 2.34. The summed E-state index contributed by atoms with van der Waals surface area (Å²) in [7, 11) is -2.73. The molecule has 0 saturated carbocycles. The van der Waals surface area contributed by atoms with Crippen LogP contribution in [0.15, 0.2) is 24.3 Å². The second kappa shape index (κ2) is 2.21. The van der Waals surface area contributed by atoms with Crippen LogP contribution in [0.25, 0.3) is 0 Å². The molecule has 0 spiro atoms. The van der Waals surface area contributed by atoms with E-state index in [4.69, 9.17) is 0 Å². The van der Waals surface area contributed by atoms with Gasteiger partial charge >= 0.3 is 0 Å². The number of hydrogen-bond donors (Lipinski definition) is 0. The summed E-state index contributed by atoms with van der Waals surface area (Å²) >= 11 is 0. The molecule has 2 aliphatic rings. The maximum atomic E-state index is 11.1. The molecule has 2 rings (SSSR count). The maximum Gasteiger partial charge on any atom is 0.151 e. The van der Waals surface area contributed by atoms with Crippen molar-refractivity contribution >= 4 is 9.84 Å². The van der Waals surface area contributed by atoms with Crippen molar-refractivity contribution in [3.05, 3.63) is 24.3 Å². The van der Waals surface area contributed by atoms with Gasteiger partial charge in [0.2, 0.25) is 0 Å². The lowest BCUT2D eigenvalue weighted by Gasteiger charge is -2.11. The molecule has 60 valence electrons. The third-order valence-corrected chi connectivity index (χ3v) is 4.06. The van der Waals surface area contributed by atoms with Crippen molar-refractivity contribution in [1.82, 2.24) is 0 Å². The van der Waals surface area contributed by atoms with Gasteiger partial charge in [-0.15, -0.1) is 0 Å². The van der Waals surface area contributed by atoms with E-state index < -0.39 is 9.84 Å². The van der Waals surface area contributed by atoms with E-state index in [1.54, 1.807) is 0 Å². The molecule has 3 heteroatoms. The first-order valence-electron chi connectivity index (χ1n) is 3.73. The summed E-state index contributed by atoms with van der Waals surface area (Å²) in [6.45, 7) is 0. The molecule has 1 aliphatic carbocycles. The van der Waals surface area contributed by atoms with Crippen molar-refractivity contribution in [2.24, 2.45) is 11.8 Å². The normalized spacial score (nSPS) is 38.9. The Bertz CT molecular complexity index is 285. The maximum absolute atomic E-state index is 11.1. The lowest BCUT2D eigenvalue weighted by molar-refractivity contribution is 0.595.